The normalized spacial score (nSPS) is 14.0. The number of fused-ring (bicyclic) bond motifs is 9. The molecule has 0 saturated heterocycles. The molecule has 5 nitrogen and oxygen atoms in total. The predicted molar refractivity (Wildman–Crippen MR) is 134 cm³/mol. The lowest BCUT2D eigenvalue weighted by molar-refractivity contribution is 0.0935. The van der Waals surface area contributed by atoms with E-state index in [0.717, 1.165) is 38.9 Å². The van der Waals surface area contributed by atoms with Crippen molar-refractivity contribution >= 4 is 5.78 Å². The average Bonchev–Trinajstić information content (AvgIpc) is 3.20. The van der Waals surface area contributed by atoms with Crippen LogP contribution in [0.15, 0.2) is 72.8 Å². The van der Waals surface area contributed by atoms with E-state index in [9.17, 15) is 4.79 Å². The van der Waals surface area contributed by atoms with E-state index in [1.807, 2.05) is 72.8 Å². The van der Waals surface area contributed by atoms with Gasteiger partial charge in [-0.25, -0.2) is 0 Å². The third-order valence-corrected chi connectivity index (χ3v) is 7.28. The van der Waals surface area contributed by atoms with E-state index in [0.29, 0.717) is 28.6 Å². The number of Topliss-reactive ketones (excluding diaryl/α,β-unsaturated/α-hetero) is 1. The maximum atomic E-state index is 14.8. The number of ketones is 1. The Morgan fingerprint density at radius 1 is 0.457 bits per heavy atom. The zero-order chi connectivity index (χ0) is 24.3. The summed E-state index contributed by atoms with van der Waals surface area (Å²) in [5.41, 5.74) is 6.01. The van der Waals surface area contributed by atoms with E-state index in [1.165, 1.54) is 0 Å². The zero-order valence-corrected chi connectivity index (χ0v) is 20.0. The van der Waals surface area contributed by atoms with Crippen molar-refractivity contribution in [2.45, 2.75) is 5.41 Å². The maximum absolute atomic E-state index is 14.8. The topological polar surface area (TPSA) is 54.0 Å². The van der Waals surface area contributed by atoms with E-state index in [2.05, 4.69) is 0 Å². The van der Waals surface area contributed by atoms with Crippen LogP contribution in [0.5, 0.6) is 23.0 Å². The van der Waals surface area contributed by atoms with Gasteiger partial charge >= 0.3 is 0 Å². The fraction of sp³-hybridized carbons (Fsp3) is 0.167. The summed E-state index contributed by atoms with van der Waals surface area (Å²) < 4.78 is 22.4. The summed E-state index contributed by atoms with van der Waals surface area (Å²) in [4.78, 5) is 14.8. The first-order chi connectivity index (χ1) is 17.1. The van der Waals surface area contributed by atoms with Gasteiger partial charge in [0.05, 0.1) is 28.4 Å². The Morgan fingerprint density at radius 3 is 1.20 bits per heavy atom. The van der Waals surface area contributed by atoms with E-state index in [1.54, 1.807) is 28.4 Å². The lowest BCUT2D eigenvalue weighted by atomic mass is 9.62. The summed E-state index contributed by atoms with van der Waals surface area (Å²) in [6.07, 6.45) is 0. The number of carbonyl (C=O) groups is 1. The first-order valence-corrected chi connectivity index (χ1v) is 11.4. The summed E-state index contributed by atoms with van der Waals surface area (Å²) in [7, 11) is 6.53. The number of hydrogen-bond donors (Lipinski definition) is 0. The van der Waals surface area contributed by atoms with Crippen LogP contribution in [0.4, 0.5) is 0 Å². The second kappa shape index (κ2) is 7.64. The molecule has 0 heterocycles. The summed E-state index contributed by atoms with van der Waals surface area (Å²) in [6.45, 7) is 0. The van der Waals surface area contributed by atoms with Crippen LogP contribution in [-0.2, 0) is 5.41 Å². The number of ether oxygens (including phenoxy) is 4. The molecule has 2 aliphatic rings. The van der Waals surface area contributed by atoms with Crippen molar-refractivity contribution in [2.75, 3.05) is 28.4 Å². The highest BCUT2D eigenvalue weighted by molar-refractivity contribution is 6.20. The molecular formula is C30H24O5. The van der Waals surface area contributed by atoms with Gasteiger partial charge < -0.3 is 18.9 Å². The molecule has 4 aromatic carbocycles. The largest absolute Gasteiger partial charge is 0.497 e. The Morgan fingerprint density at radius 2 is 0.800 bits per heavy atom. The fourth-order valence-electron chi connectivity index (χ4n) is 5.66. The summed E-state index contributed by atoms with van der Waals surface area (Å²) in [6, 6.07) is 23.5. The molecule has 174 valence electrons. The molecule has 0 unspecified atom stereocenters. The van der Waals surface area contributed by atoms with Crippen LogP contribution >= 0.6 is 0 Å². The molecule has 4 aromatic rings. The SMILES string of the molecule is COc1ccc2c(c1)C(=O)C1(c3cc(OC)ccc3-2)c2cc(OC)ccc2-c2ccc(OC)cc21. The Balaban J connectivity index is 1.81. The first-order valence-electron chi connectivity index (χ1n) is 11.4. The Bertz CT molecular complexity index is 1460. The lowest BCUT2D eigenvalue weighted by Gasteiger charge is -2.38. The van der Waals surface area contributed by atoms with E-state index >= 15 is 0 Å². The highest BCUT2D eigenvalue weighted by Gasteiger charge is 2.55. The lowest BCUT2D eigenvalue weighted by Crippen LogP contribution is -2.40. The molecule has 5 heteroatoms. The molecule has 0 saturated carbocycles. The van der Waals surface area contributed by atoms with Gasteiger partial charge in [-0.1, -0.05) is 18.2 Å². The van der Waals surface area contributed by atoms with Crippen molar-refractivity contribution in [3.8, 4) is 45.3 Å². The number of benzene rings is 4. The number of methoxy groups -OCH3 is 4. The van der Waals surface area contributed by atoms with Crippen molar-refractivity contribution in [3.05, 3.63) is 95.1 Å². The minimum Gasteiger partial charge on any atom is -0.497 e. The zero-order valence-electron chi connectivity index (χ0n) is 20.0. The third-order valence-electron chi connectivity index (χ3n) is 7.28. The van der Waals surface area contributed by atoms with E-state index in [-0.39, 0.29) is 5.78 Å². The molecule has 1 spiro atoms. The van der Waals surface area contributed by atoms with Gasteiger partial charge in [-0.2, -0.15) is 0 Å². The van der Waals surface area contributed by atoms with Crippen molar-refractivity contribution in [1.82, 2.24) is 0 Å². The molecule has 0 bridgehead atoms. The molecule has 0 aromatic heterocycles. The molecule has 35 heavy (non-hydrogen) atoms. The number of carbonyl (C=O) groups excluding carboxylic acids is 1. The highest BCUT2D eigenvalue weighted by Crippen LogP contribution is 2.60. The van der Waals surface area contributed by atoms with Gasteiger partial charge in [-0.3, -0.25) is 4.79 Å². The van der Waals surface area contributed by atoms with Gasteiger partial charge in [-0.15, -0.1) is 0 Å². The summed E-state index contributed by atoms with van der Waals surface area (Å²) in [5, 5.41) is 0. The fourth-order valence-corrected chi connectivity index (χ4v) is 5.66. The van der Waals surface area contributed by atoms with E-state index < -0.39 is 5.41 Å². The third kappa shape index (κ3) is 2.72. The van der Waals surface area contributed by atoms with Gasteiger partial charge in [0.2, 0.25) is 0 Å². The van der Waals surface area contributed by atoms with Gasteiger partial charge in [0.1, 0.15) is 28.4 Å². The average molecular weight is 465 g/mol. The number of hydrogen-bond acceptors (Lipinski definition) is 5. The molecule has 0 N–H and O–H groups in total. The second-order valence-electron chi connectivity index (χ2n) is 8.73. The van der Waals surface area contributed by atoms with Crippen molar-refractivity contribution in [1.29, 1.82) is 0 Å². The Kier molecular flexibility index (Phi) is 4.65. The van der Waals surface area contributed by atoms with Crippen molar-refractivity contribution in [3.63, 3.8) is 0 Å². The van der Waals surface area contributed by atoms with Gasteiger partial charge in [0.25, 0.3) is 0 Å². The van der Waals surface area contributed by atoms with Crippen LogP contribution < -0.4 is 18.9 Å². The minimum atomic E-state index is -1.10. The second-order valence-corrected chi connectivity index (χ2v) is 8.73. The van der Waals surface area contributed by atoms with Crippen molar-refractivity contribution < 1.29 is 23.7 Å². The van der Waals surface area contributed by atoms with E-state index in [4.69, 9.17) is 18.9 Å². The molecule has 0 atom stereocenters. The smallest absolute Gasteiger partial charge is 0.183 e. The number of rotatable bonds is 4. The maximum Gasteiger partial charge on any atom is 0.183 e. The highest BCUT2D eigenvalue weighted by atomic mass is 16.5. The van der Waals surface area contributed by atoms with Gasteiger partial charge in [0, 0.05) is 5.56 Å². The van der Waals surface area contributed by atoms with Crippen molar-refractivity contribution in [2.24, 2.45) is 0 Å². The van der Waals surface area contributed by atoms with Crippen LogP contribution in [0, 0.1) is 0 Å². The molecule has 0 radical (unpaired) electrons. The Labute approximate surface area is 203 Å². The predicted octanol–water partition coefficient (Wildman–Crippen LogP) is 5.90. The minimum absolute atomic E-state index is 0.0198. The molecule has 0 fully saturated rings. The molecule has 0 amide bonds. The summed E-state index contributed by atoms with van der Waals surface area (Å²) in [5.74, 6) is 2.69. The molecule has 6 rings (SSSR count). The first kappa shape index (κ1) is 21.3. The van der Waals surface area contributed by atoms with Crippen LogP contribution in [0.1, 0.15) is 27.0 Å². The molecular weight excluding hydrogens is 440 g/mol. The molecule has 2 aliphatic carbocycles. The van der Waals surface area contributed by atoms with Crippen LogP contribution in [0.3, 0.4) is 0 Å². The van der Waals surface area contributed by atoms with Gasteiger partial charge in [0.15, 0.2) is 5.78 Å². The molecule has 0 aliphatic heterocycles. The monoisotopic (exact) mass is 464 g/mol. The Hall–Kier alpha value is -4.25. The summed E-state index contributed by atoms with van der Waals surface area (Å²) >= 11 is 0. The van der Waals surface area contributed by atoms with Crippen LogP contribution in [0.25, 0.3) is 22.3 Å². The van der Waals surface area contributed by atoms with Gasteiger partial charge in [-0.05, 0) is 93.5 Å². The van der Waals surface area contributed by atoms with Crippen LogP contribution in [-0.4, -0.2) is 34.2 Å². The van der Waals surface area contributed by atoms with Crippen LogP contribution in [0.2, 0.25) is 0 Å². The quantitative estimate of drug-likeness (QED) is 0.376. The standard InChI is InChI=1S/C30H24O5/c1-32-17-5-9-21-22-10-6-18(33-2)14-26(22)30(29(31)25(21)13-17)27-15-19(34-3)7-11-23(27)24-12-8-20(35-4)16-28(24)30/h5-16H,1-4H3.